The molecule has 0 radical (unpaired) electrons. The molecule has 0 fully saturated rings. The minimum Gasteiger partial charge on any atom is -0.353 e. The third kappa shape index (κ3) is 4.00. The van der Waals surface area contributed by atoms with Gasteiger partial charge in [-0.25, -0.2) is 8.78 Å². The van der Waals surface area contributed by atoms with Crippen molar-refractivity contribution in [2.45, 2.75) is 24.8 Å². The number of carbonyl (C=O) groups excluding carboxylic acids is 1. The molecule has 0 heterocycles. The highest BCUT2D eigenvalue weighted by Gasteiger charge is 2.14. The van der Waals surface area contributed by atoms with Crippen molar-refractivity contribution in [1.29, 1.82) is 5.26 Å². The lowest BCUT2D eigenvalue weighted by Gasteiger charge is -2.08. The lowest BCUT2D eigenvalue weighted by atomic mass is 10.2. The SMILES string of the molecule is CC(C)NC(=O)CSc1c(F)cc(C#N)cc1F. The summed E-state index contributed by atoms with van der Waals surface area (Å²) in [7, 11) is 0. The minimum absolute atomic E-state index is 0.0197. The molecule has 0 saturated heterocycles. The first kappa shape index (κ1) is 14.5. The van der Waals surface area contributed by atoms with Crippen molar-refractivity contribution in [3.8, 4) is 6.07 Å². The molecule has 18 heavy (non-hydrogen) atoms. The molecule has 0 unspecified atom stereocenters. The van der Waals surface area contributed by atoms with Gasteiger partial charge in [0.25, 0.3) is 0 Å². The Morgan fingerprint density at radius 1 is 1.44 bits per heavy atom. The van der Waals surface area contributed by atoms with Crippen LogP contribution >= 0.6 is 11.8 Å². The molecule has 0 aliphatic carbocycles. The van der Waals surface area contributed by atoms with Crippen LogP contribution in [-0.4, -0.2) is 17.7 Å². The molecule has 0 aliphatic heterocycles. The van der Waals surface area contributed by atoms with Crippen LogP contribution in [0.15, 0.2) is 17.0 Å². The molecule has 96 valence electrons. The summed E-state index contributed by atoms with van der Waals surface area (Å²) in [4.78, 5) is 11.1. The molecule has 6 heteroatoms. The molecule has 0 atom stereocenters. The van der Waals surface area contributed by atoms with Gasteiger partial charge in [0.15, 0.2) is 0 Å². The minimum atomic E-state index is -0.825. The van der Waals surface area contributed by atoms with E-state index in [2.05, 4.69) is 5.32 Å². The normalized spacial score (nSPS) is 10.2. The van der Waals surface area contributed by atoms with Crippen LogP contribution in [0.2, 0.25) is 0 Å². The zero-order chi connectivity index (χ0) is 13.7. The fourth-order valence-corrected chi connectivity index (χ4v) is 2.02. The second-order valence-electron chi connectivity index (χ2n) is 3.89. The summed E-state index contributed by atoms with van der Waals surface area (Å²) in [5.41, 5.74) is -0.0824. The van der Waals surface area contributed by atoms with E-state index in [-0.39, 0.29) is 28.2 Å². The number of halogens is 2. The van der Waals surface area contributed by atoms with Gasteiger partial charge in [-0.1, -0.05) is 0 Å². The lowest BCUT2D eigenvalue weighted by Crippen LogP contribution is -2.31. The number of nitrogens with zero attached hydrogens (tertiary/aromatic N) is 1. The average molecular weight is 270 g/mol. The zero-order valence-electron chi connectivity index (χ0n) is 9.96. The van der Waals surface area contributed by atoms with E-state index in [9.17, 15) is 13.6 Å². The van der Waals surface area contributed by atoms with Crippen LogP contribution in [0.4, 0.5) is 8.78 Å². The van der Waals surface area contributed by atoms with Crippen LogP contribution in [-0.2, 0) is 4.79 Å². The summed E-state index contributed by atoms with van der Waals surface area (Å²) in [6.07, 6.45) is 0. The van der Waals surface area contributed by atoms with E-state index in [0.717, 1.165) is 23.9 Å². The second kappa shape index (κ2) is 6.36. The Morgan fingerprint density at radius 3 is 2.44 bits per heavy atom. The monoisotopic (exact) mass is 270 g/mol. The van der Waals surface area contributed by atoms with Crippen molar-refractivity contribution in [3.63, 3.8) is 0 Å². The molecule has 0 aromatic heterocycles. The molecular weight excluding hydrogens is 258 g/mol. The molecule has 1 aromatic carbocycles. The third-order valence-corrected chi connectivity index (χ3v) is 3.01. The number of benzene rings is 1. The summed E-state index contributed by atoms with van der Waals surface area (Å²) < 4.78 is 26.9. The topological polar surface area (TPSA) is 52.9 Å². The van der Waals surface area contributed by atoms with Gasteiger partial charge in [-0.2, -0.15) is 5.26 Å². The highest BCUT2D eigenvalue weighted by atomic mass is 32.2. The van der Waals surface area contributed by atoms with Crippen LogP contribution in [0.25, 0.3) is 0 Å². The Balaban J connectivity index is 2.74. The first-order valence-corrected chi connectivity index (χ1v) is 6.24. The fourth-order valence-electron chi connectivity index (χ4n) is 1.26. The molecule has 1 amide bonds. The quantitative estimate of drug-likeness (QED) is 0.855. The van der Waals surface area contributed by atoms with Crippen molar-refractivity contribution in [3.05, 3.63) is 29.3 Å². The van der Waals surface area contributed by atoms with Gasteiger partial charge < -0.3 is 5.32 Å². The molecule has 0 saturated carbocycles. The van der Waals surface area contributed by atoms with Crippen LogP contribution < -0.4 is 5.32 Å². The van der Waals surface area contributed by atoms with Crippen LogP contribution in [0, 0.1) is 23.0 Å². The number of nitrogens with one attached hydrogen (secondary N) is 1. The van der Waals surface area contributed by atoms with Gasteiger partial charge >= 0.3 is 0 Å². The van der Waals surface area contributed by atoms with Gasteiger partial charge in [-0.15, -0.1) is 11.8 Å². The van der Waals surface area contributed by atoms with Crippen molar-refractivity contribution in [2.24, 2.45) is 0 Å². The summed E-state index contributed by atoms with van der Waals surface area (Å²) >= 11 is 0.771. The molecule has 0 spiro atoms. The van der Waals surface area contributed by atoms with E-state index in [1.165, 1.54) is 0 Å². The maximum atomic E-state index is 13.5. The molecule has 1 aromatic rings. The molecular formula is C12H12F2N2OS. The van der Waals surface area contributed by atoms with E-state index in [1.54, 1.807) is 19.9 Å². The number of rotatable bonds is 4. The smallest absolute Gasteiger partial charge is 0.230 e. The Kier molecular flexibility index (Phi) is 5.10. The number of amides is 1. The molecule has 0 bridgehead atoms. The van der Waals surface area contributed by atoms with Gasteiger partial charge in [0, 0.05) is 6.04 Å². The fraction of sp³-hybridized carbons (Fsp3) is 0.333. The van der Waals surface area contributed by atoms with Crippen LogP contribution in [0.1, 0.15) is 19.4 Å². The van der Waals surface area contributed by atoms with Gasteiger partial charge in [-0.3, -0.25) is 4.79 Å². The van der Waals surface area contributed by atoms with Gasteiger partial charge in [0.2, 0.25) is 5.91 Å². The number of hydrogen-bond acceptors (Lipinski definition) is 3. The molecule has 0 aliphatic rings. The number of nitriles is 1. The van der Waals surface area contributed by atoms with Crippen molar-refractivity contribution >= 4 is 17.7 Å². The van der Waals surface area contributed by atoms with E-state index in [0.29, 0.717) is 0 Å². The predicted octanol–water partition coefficient (Wildman–Crippen LogP) is 2.45. The zero-order valence-corrected chi connectivity index (χ0v) is 10.8. The van der Waals surface area contributed by atoms with E-state index in [4.69, 9.17) is 5.26 Å². The van der Waals surface area contributed by atoms with Crippen molar-refractivity contribution in [1.82, 2.24) is 5.32 Å². The van der Waals surface area contributed by atoms with Crippen molar-refractivity contribution in [2.75, 3.05) is 5.75 Å². The Hall–Kier alpha value is -1.61. The maximum absolute atomic E-state index is 13.5. The van der Waals surface area contributed by atoms with Gasteiger partial charge in [0.05, 0.1) is 22.3 Å². The standard InChI is InChI=1S/C12H12F2N2OS/c1-7(2)16-11(17)6-18-12-9(13)3-8(5-15)4-10(12)14/h3-4,7H,6H2,1-2H3,(H,16,17). The average Bonchev–Trinajstić information content (AvgIpc) is 2.26. The first-order valence-electron chi connectivity index (χ1n) is 5.25. The van der Waals surface area contributed by atoms with Crippen molar-refractivity contribution < 1.29 is 13.6 Å². The summed E-state index contributed by atoms with van der Waals surface area (Å²) in [5, 5.41) is 11.2. The highest BCUT2D eigenvalue weighted by Crippen LogP contribution is 2.26. The first-order chi connectivity index (χ1) is 8.43. The highest BCUT2D eigenvalue weighted by molar-refractivity contribution is 8.00. The summed E-state index contributed by atoms with van der Waals surface area (Å²) in [5.74, 6) is -2.02. The Labute approximate surface area is 108 Å². The molecule has 1 rings (SSSR count). The Bertz CT molecular complexity index is 474. The maximum Gasteiger partial charge on any atom is 0.230 e. The van der Waals surface area contributed by atoms with Crippen LogP contribution in [0.3, 0.4) is 0 Å². The molecule has 3 nitrogen and oxygen atoms in total. The third-order valence-electron chi connectivity index (χ3n) is 1.92. The van der Waals surface area contributed by atoms with E-state index < -0.39 is 11.6 Å². The molecule has 1 N–H and O–H groups in total. The number of thioether (sulfide) groups is 1. The number of hydrogen-bond donors (Lipinski definition) is 1. The van der Waals surface area contributed by atoms with Gasteiger partial charge in [-0.05, 0) is 26.0 Å². The summed E-state index contributed by atoms with van der Waals surface area (Å²) in [6, 6.07) is 3.54. The largest absolute Gasteiger partial charge is 0.353 e. The Morgan fingerprint density at radius 2 is 2.00 bits per heavy atom. The van der Waals surface area contributed by atoms with E-state index in [1.807, 2.05) is 0 Å². The predicted molar refractivity (Wildman–Crippen MR) is 65.1 cm³/mol. The van der Waals surface area contributed by atoms with Gasteiger partial charge in [0.1, 0.15) is 11.6 Å². The van der Waals surface area contributed by atoms with E-state index >= 15 is 0 Å². The lowest BCUT2D eigenvalue weighted by molar-refractivity contribution is -0.119. The van der Waals surface area contributed by atoms with Crippen LogP contribution in [0.5, 0.6) is 0 Å². The number of carbonyl (C=O) groups is 1. The summed E-state index contributed by atoms with van der Waals surface area (Å²) in [6.45, 7) is 3.59. The second-order valence-corrected chi connectivity index (χ2v) is 4.88.